The van der Waals surface area contributed by atoms with Gasteiger partial charge in [0.05, 0.1) is 0 Å². The van der Waals surface area contributed by atoms with Crippen molar-refractivity contribution in [1.82, 2.24) is 10.6 Å². The van der Waals surface area contributed by atoms with Crippen molar-refractivity contribution in [2.75, 3.05) is 7.05 Å². The van der Waals surface area contributed by atoms with Gasteiger partial charge in [-0.2, -0.15) is 0 Å². The van der Waals surface area contributed by atoms with E-state index in [0.29, 0.717) is 11.8 Å². The summed E-state index contributed by atoms with van der Waals surface area (Å²) in [5.41, 5.74) is -0.513. The van der Waals surface area contributed by atoms with Crippen LogP contribution in [-0.4, -0.2) is 24.8 Å². The van der Waals surface area contributed by atoms with Gasteiger partial charge in [-0.3, -0.25) is 5.41 Å². The highest BCUT2D eigenvalue weighted by Gasteiger charge is 2.46. The van der Waals surface area contributed by atoms with Crippen molar-refractivity contribution in [3.8, 4) is 0 Å². The van der Waals surface area contributed by atoms with Crippen LogP contribution in [0.5, 0.6) is 0 Å². The Hall–Kier alpha value is -1.06. The molecule has 0 radical (unpaired) electrons. The molecule has 0 saturated heterocycles. The molecule has 0 heterocycles. The van der Waals surface area contributed by atoms with Gasteiger partial charge in [0.15, 0.2) is 5.96 Å². The molecule has 4 nitrogen and oxygen atoms in total. The fourth-order valence-electron chi connectivity index (χ4n) is 4.20. The molecule has 4 heteroatoms. The lowest BCUT2D eigenvalue weighted by molar-refractivity contribution is -0.118. The first-order valence-electron chi connectivity index (χ1n) is 8.23. The molecule has 114 valence electrons. The van der Waals surface area contributed by atoms with Crippen LogP contribution >= 0.6 is 0 Å². The number of guanidine groups is 1. The van der Waals surface area contributed by atoms with Gasteiger partial charge in [-0.1, -0.05) is 38.5 Å². The maximum Gasteiger partial charge on any atom is 0.188 e. The van der Waals surface area contributed by atoms with Crippen LogP contribution in [0.1, 0.15) is 64.2 Å². The molecule has 2 aliphatic carbocycles. The van der Waals surface area contributed by atoms with Crippen LogP contribution in [0.4, 0.5) is 0 Å². The molecule has 2 fully saturated rings. The molecule has 2 aliphatic rings. The number of rotatable bonds is 4. The van der Waals surface area contributed by atoms with Gasteiger partial charge in [0.1, 0.15) is 11.8 Å². The van der Waals surface area contributed by atoms with Crippen LogP contribution in [0.3, 0.4) is 0 Å². The number of hydrogen-bond donors (Lipinski definition) is 3. The summed E-state index contributed by atoms with van der Waals surface area (Å²) in [4.78, 5) is 12.1. The lowest BCUT2D eigenvalue weighted by atomic mass is 9.65. The fraction of sp³-hybridized carbons (Fsp3) is 0.875. The molecule has 0 aliphatic heterocycles. The Balaban J connectivity index is 2.22. The van der Waals surface area contributed by atoms with Crippen LogP contribution in [0.25, 0.3) is 0 Å². The van der Waals surface area contributed by atoms with Gasteiger partial charge in [-0.25, -0.2) is 0 Å². The lowest BCUT2D eigenvalue weighted by Crippen LogP contribution is -2.62. The summed E-state index contributed by atoms with van der Waals surface area (Å²) in [6.45, 7) is 0. The maximum atomic E-state index is 12.1. The summed E-state index contributed by atoms with van der Waals surface area (Å²) in [6.07, 6.45) is 13.1. The second-order valence-electron chi connectivity index (χ2n) is 6.47. The van der Waals surface area contributed by atoms with Crippen molar-refractivity contribution in [3.05, 3.63) is 0 Å². The van der Waals surface area contributed by atoms with Gasteiger partial charge in [0, 0.05) is 7.05 Å². The quantitative estimate of drug-likeness (QED) is 0.421. The van der Waals surface area contributed by atoms with Crippen LogP contribution in [0.15, 0.2) is 0 Å². The molecule has 2 saturated carbocycles. The topological polar surface area (TPSA) is 65.0 Å². The van der Waals surface area contributed by atoms with E-state index in [-0.39, 0.29) is 5.96 Å². The molecule has 0 aromatic carbocycles. The molecular weight excluding hydrogens is 250 g/mol. The van der Waals surface area contributed by atoms with E-state index >= 15 is 0 Å². The Bertz CT molecular complexity index is 313. The minimum atomic E-state index is -0.513. The van der Waals surface area contributed by atoms with Crippen molar-refractivity contribution in [1.29, 1.82) is 5.41 Å². The summed E-state index contributed by atoms with van der Waals surface area (Å²) in [6, 6.07) is 0. The Morgan fingerprint density at radius 3 is 1.80 bits per heavy atom. The zero-order valence-corrected chi connectivity index (χ0v) is 12.7. The van der Waals surface area contributed by atoms with Crippen molar-refractivity contribution in [2.45, 2.75) is 69.7 Å². The zero-order valence-electron chi connectivity index (χ0n) is 12.7. The predicted molar refractivity (Wildman–Crippen MR) is 81.9 cm³/mol. The second kappa shape index (κ2) is 7.09. The van der Waals surface area contributed by atoms with Crippen molar-refractivity contribution >= 4 is 12.2 Å². The second-order valence-corrected chi connectivity index (χ2v) is 6.47. The Labute approximate surface area is 122 Å². The minimum absolute atomic E-state index is 0.285. The minimum Gasteiger partial charge on any atom is -0.360 e. The largest absolute Gasteiger partial charge is 0.360 e. The number of carbonyl (C=O) groups excluding carboxylic acids is 1. The van der Waals surface area contributed by atoms with Gasteiger partial charge in [0.2, 0.25) is 0 Å². The molecule has 20 heavy (non-hydrogen) atoms. The third kappa shape index (κ3) is 3.15. The van der Waals surface area contributed by atoms with Gasteiger partial charge in [-0.15, -0.1) is 0 Å². The Morgan fingerprint density at radius 2 is 1.45 bits per heavy atom. The molecule has 0 atom stereocenters. The van der Waals surface area contributed by atoms with E-state index in [9.17, 15) is 4.79 Å². The van der Waals surface area contributed by atoms with E-state index in [4.69, 9.17) is 5.41 Å². The van der Waals surface area contributed by atoms with Gasteiger partial charge < -0.3 is 15.4 Å². The average Bonchev–Trinajstić information content (AvgIpc) is 2.54. The number of hydrogen-bond acceptors (Lipinski definition) is 2. The molecule has 0 unspecified atom stereocenters. The zero-order chi connectivity index (χ0) is 14.4. The average molecular weight is 279 g/mol. The van der Waals surface area contributed by atoms with E-state index in [1.807, 2.05) is 0 Å². The molecule has 0 spiro atoms. The SMILES string of the molecule is CNC(=N)NC(C=O)(C1CCCCC1)C1CCCCC1. The van der Waals surface area contributed by atoms with Gasteiger partial charge in [0.25, 0.3) is 0 Å². The first-order chi connectivity index (χ1) is 9.73. The molecule has 2 rings (SSSR count). The molecular formula is C16H29N3O. The predicted octanol–water partition coefficient (Wildman–Crippen LogP) is 2.83. The first-order valence-corrected chi connectivity index (χ1v) is 8.23. The lowest BCUT2D eigenvalue weighted by Gasteiger charge is -2.46. The van der Waals surface area contributed by atoms with E-state index in [1.165, 1.54) is 38.5 Å². The Kier molecular flexibility index (Phi) is 5.44. The highest BCUT2D eigenvalue weighted by molar-refractivity contribution is 5.82. The molecule has 0 aromatic rings. The third-order valence-electron chi connectivity index (χ3n) is 5.35. The van der Waals surface area contributed by atoms with Crippen LogP contribution in [0, 0.1) is 17.2 Å². The van der Waals surface area contributed by atoms with Gasteiger partial charge >= 0.3 is 0 Å². The van der Waals surface area contributed by atoms with Crippen LogP contribution in [-0.2, 0) is 4.79 Å². The van der Waals surface area contributed by atoms with Crippen molar-refractivity contribution in [2.24, 2.45) is 11.8 Å². The highest BCUT2D eigenvalue weighted by Crippen LogP contribution is 2.41. The highest BCUT2D eigenvalue weighted by atomic mass is 16.1. The third-order valence-corrected chi connectivity index (χ3v) is 5.35. The maximum absolute atomic E-state index is 12.1. The molecule has 0 bridgehead atoms. The normalized spacial score (nSPS) is 22.2. The standard InChI is InChI=1S/C16H29N3O/c1-18-15(17)19-16(12-20,13-8-4-2-5-9-13)14-10-6-3-7-11-14/h12-14H,2-11H2,1H3,(H3,17,18,19). The van der Waals surface area contributed by atoms with E-state index in [1.54, 1.807) is 7.05 Å². The molecule has 3 N–H and O–H groups in total. The summed E-state index contributed by atoms with van der Waals surface area (Å²) in [5.74, 6) is 1.07. The molecule has 0 amide bonds. The Morgan fingerprint density at radius 1 is 1.00 bits per heavy atom. The smallest absolute Gasteiger partial charge is 0.188 e. The summed E-state index contributed by atoms with van der Waals surface area (Å²) >= 11 is 0. The fourth-order valence-corrected chi connectivity index (χ4v) is 4.20. The van der Waals surface area contributed by atoms with Crippen molar-refractivity contribution < 1.29 is 4.79 Å². The van der Waals surface area contributed by atoms with E-state index < -0.39 is 5.54 Å². The summed E-state index contributed by atoms with van der Waals surface area (Å²) in [7, 11) is 1.74. The summed E-state index contributed by atoms with van der Waals surface area (Å²) in [5, 5.41) is 14.1. The monoisotopic (exact) mass is 279 g/mol. The van der Waals surface area contributed by atoms with Crippen LogP contribution < -0.4 is 10.6 Å². The molecule has 0 aromatic heterocycles. The van der Waals surface area contributed by atoms with Crippen LogP contribution in [0.2, 0.25) is 0 Å². The first kappa shape index (κ1) is 15.3. The van der Waals surface area contributed by atoms with E-state index in [0.717, 1.165) is 32.0 Å². The summed E-state index contributed by atoms with van der Waals surface area (Å²) < 4.78 is 0. The van der Waals surface area contributed by atoms with Crippen molar-refractivity contribution in [3.63, 3.8) is 0 Å². The van der Waals surface area contributed by atoms with Gasteiger partial charge in [-0.05, 0) is 37.5 Å². The number of carbonyl (C=O) groups is 1. The number of aldehydes is 1. The van der Waals surface area contributed by atoms with E-state index in [2.05, 4.69) is 10.6 Å². The number of nitrogens with one attached hydrogen (secondary N) is 3.